The van der Waals surface area contributed by atoms with Crippen molar-refractivity contribution in [1.82, 2.24) is 10.3 Å². The number of amides is 1. The molecule has 3 aliphatic rings. The first kappa shape index (κ1) is 20.0. The zero-order valence-corrected chi connectivity index (χ0v) is 18.7. The van der Waals surface area contributed by atoms with Crippen molar-refractivity contribution in [1.29, 1.82) is 0 Å². The number of hydrogen-bond acceptors (Lipinski definition) is 4. The maximum Gasteiger partial charge on any atom is 0.253 e. The highest BCUT2D eigenvalue weighted by Crippen LogP contribution is 2.44. The van der Waals surface area contributed by atoms with Gasteiger partial charge in [-0.05, 0) is 102 Å². The highest BCUT2D eigenvalue weighted by molar-refractivity contribution is 9.10. The summed E-state index contributed by atoms with van der Waals surface area (Å²) in [6.07, 6.45) is 8.65. The molecular weight excluding hydrogens is 442 g/mol. The highest BCUT2D eigenvalue weighted by atomic mass is 79.9. The normalized spacial score (nSPS) is 19.5. The third kappa shape index (κ3) is 4.70. The van der Waals surface area contributed by atoms with E-state index in [1.54, 1.807) is 6.20 Å². The molecule has 0 atom stereocenters. The number of aromatic nitrogens is 1. The summed E-state index contributed by atoms with van der Waals surface area (Å²) in [4.78, 5) is 17.4. The number of benzene rings is 1. The van der Waals surface area contributed by atoms with Crippen LogP contribution in [0.1, 0.15) is 71.8 Å². The molecule has 0 radical (unpaired) electrons. The predicted molar refractivity (Wildman–Crippen MR) is 121 cm³/mol. The van der Waals surface area contributed by atoms with Gasteiger partial charge in [0.2, 0.25) is 0 Å². The van der Waals surface area contributed by atoms with Gasteiger partial charge in [0.1, 0.15) is 5.82 Å². The summed E-state index contributed by atoms with van der Waals surface area (Å²) in [6, 6.07) is 8.58. The van der Waals surface area contributed by atoms with Crippen LogP contribution in [0.15, 0.2) is 34.9 Å². The largest absolute Gasteiger partial charge is 0.381 e. The lowest BCUT2D eigenvalue weighted by Gasteiger charge is -2.22. The van der Waals surface area contributed by atoms with E-state index in [1.165, 1.54) is 18.4 Å². The minimum absolute atomic E-state index is 0.00240. The minimum Gasteiger partial charge on any atom is -0.381 e. The second kappa shape index (κ2) is 8.67. The van der Waals surface area contributed by atoms with E-state index in [1.807, 2.05) is 0 Å². The summed E-state index contributed by atoms with van der Waals surface area (Å²) in [5.74, 6) is 2.50. The molecule has 6 heteroatoms. The molecule has 2 aliphatic carbocycles. The first-order chi connectivity index (χ1) is 14.7. The van der Waals surface area contributed by atoms with E-state index in [4.69, 9.17) is 4.74 Å². The van der Waals surface area contributed by atoms with Gasteiger partial charge in [-0.3, -0.25) is 4.79 Å². The molecule has 1 aliphatic heterocycles. The SMILES string of the molecule is O=C(NCC1CCOCC1)c1cnc(Nc2ccc(C3CC3)cc2Br)cc1C1CC1. The Bertz CT molecular complexity index is 934. The van der Waals surface area contributed by atoms with Gasteiger partial charge in [-0.25, -0.2) is 4.98 Å². The Morgan fingerprint density at radius 1 is 1.07 bits per heavy atom. The van der Waals surface area contributed by atoms with E-state index in [0.717, 1.165) is 71.9 Å². The number of anilines is 2. The summed E-state index contributed by atoms with van der Waals surface area (Å²) in [5, 5.41) is 6.56. The molecule has 5 nitrogen and oxygen atoms in total. The summed E-state index contributed by atoms with van der Waals surface area (Å²) in [6.45, 7) is 2.31. The van der Waals surface area contributed by atoms with Gasteiger partial charge in [-0.1, -0.05) is 6.07 Å². The molecule has 1 aromatic heterocycles. The monoisotopic (exact) mass is 469 g/mol. The number of pyridine rings is 1. The van der Waals surface area contributed by atoms with Gasteiger partial charge in [0.25, 0.3) is 5.91 Å². The van der Waals surface area contributed by atoms with Crippen molar-refractivity contribution < 1.29 is 9.53 Å². The average molecular weight is 470 g/mol. The van der Waals surface area contributed by atoms with Crippen molar-refractivity contribution in [3.05, 3.63) is 51.6 Å². The highest BCUT2D eigenvalue weighted by Gasteiger charge is 2.29. The van der Waals surface area contributed by atoms with E-state index in [0.29, 0.717) is 18.4 Å². The Morgan fingerprint density at radius 3 is 2.53 bits per heavy atom. The van der Waals surface area contributed by atoms with Crippen LogP contribution in [0.2, 0.25) is 0 Å². The standard InChI is InChI=1S/C24H28BrN3O2/c25-21-11-18(16-1-2-16)5-6-22(21)28-23-12-19(17-3-4-17)20(14-26-23)24(29)27-13-15-7-9-30-10-8-15/h5-6,11-12,14-17H,1-4,7-10,13H2,(H,26,28)(H,27,29). The lowest BCUT2D eigenvalue weighted by atomic mass is 10.00. The fourth-order valence-electron chi connectivity index (χ4n) is 4.19. The third-order valence-corrected chi connectivity index (χ3v) is 7.05. The van der Waals surface area contributed by atoms with E-state index in [2.05, 4.69) is 55.8 Å². The molecule has 0 spiro atoms. The lowest BCUT2D eigenvalue weighted by Crippen LogP contribution is -2.32. The Kier molecular flexibility index (Phi) is 5.79. The molecule has 2 aromatic rings. The maximum absolute atomic E-state index is 12.9. The van der Waals surface area contributed by atoms with Crippen molar-refractivity contribution in [2.75, 3.05) is 25.1 Å². The molecule has 0 unspecified atom stereocenters. The predicted octanol–water partition coefficient (Wildman–Crippen LogP) is 5.50. The number of hydrogen-bond donors (Lipinski definition) is 2. The van der Waals surface area contributed by atoms with Crippen LogP contribution in [-0.2, 0) is 4.74 Å². The Labute approximate surface area is 186 Å². The number of carbonyl (C=O) groups is 1. The topological polar surface area (TPSA) is 63.2 Å². The van der Waals surface area contributed by atoms with E-state index in [9.17, 15) is 4.79 Å². The maximum atomic E-state index is 12.9. The molecule has 1 aromatic carbocycles. The van der Waals surface area contributed by atoms with Crippen LogP contribution in [-0.4, -0.2) is 30.6 Å². The fourth-order valence-corrected chi connectivity index (χ4v) is 4.68. The molecule has 0 bridgehead atoms. The van der Waals surface area contributed by atoms with Gasteiger partial charge in [0.05, 0.1) is 11.3 Å². The molecular formula is C24H28BrN3O2. The second-order valence-corrected chi connectivity index (χ2v) is 9.69. The molecule has 2 N–H and O–H groups in total. The van der Waals surface area contributed by atoms with Crippen molar-refractivity contribution in [3.8, 4) is 0 Å². The number of carbonyl (C=O) groups excluding carboxylic acids is 1. The molecule has 3 fully saturated rings. The number of ether oxygens (including phenoxy) is 1. The van der Waals surface area contributed by atoms with Crippen LogP contribution in [0.25, 0.3) is 0 Å². The van der Waals surface area contributed by atoms with Crippen molar-refractivity contribution in [3.63, 3.8) is 0 Å². The number of nitrogens with one attached hydrogen (secondary N) is 2. The van der Waals surface area contributed by atoms with Crippen LogP contribution < -0.4 is 10.6 Å². The minimum atomic E-state index is -0.00240. The van der Waals surface area contributed by atoms with E-state index in [-0.39, 0.29) is 5.91 Å². The van der Waals surface area contributed by atoms with Gasteiger partial charge in [-0.2, -0.15) is 0 Å². The fraction of sp³-hybridized carbons (Fsp3) is 0.500. The molecule has 2 heterocycles. The van der Waals surface area contributed by atoms with Crippen molar-refractivity contribution in [2.45, 2.75) is 50.4 Å². The van der Waals surface area contributed by atoms with Crippen LogP contribution in [0.5, 0.6) is 0 Å². The number of nitrogens with zero attached hydrogens (tertiary/aromatic N) is 1. The quantitative estimate of drug-likeness (QED) is 0.561. The average Bonchev–Trinajstić information content (AvgIpc) is 3.66. The summed E-state index contributed by atoms with van der Waals surface area (Å²) < 4.78 is 6.46. The summed E-state index contributed by atoms with van der Waals surface area (Å²) >= 11 is 3.69. The number of rotatable bonds is 7. The Morgan fingerprint density at radius 2 is 1.83 bits per heavy atom. The first-order valence-corrected chi connectivity index (χ1v) is 11.9. The zero-order valence-electron chi connectivity index (χ0n) is 17.1. The van der Waals surface area contributed by atoms with Gasteiger partial charge in [0, 0.05) is 30.4 Å². The molecule has 30 heavy (non-hydrogen) atoms. The van der Waals surface area contributed by atoms with Gasteiger partial charge < -0.3 is 15.4 Å². The lowest BCUT2D eigenvalue weighted by molar-refractivity contribution is 0.0642. The molecule has 1 amide bonds. The number of halogens is 1. The Balaban J connectivity index is 1.29. The van der Waals surface area contributed by atoms with Gasteiger partial charge >= 0.3 is 0 Å². The summed E-state index contributed by atoms with van der Waals surface area (Å²) in [7, 11) is 0. The first-order valence-electron chi connectivity index (χ1n) is 11.1. The van der Waals surface area contributed by atoms with Crippen LogP contribution >= 0.6 is 15.9 Å². The van der Waals surface area contributed by atoms with Crippen LogP contribution in [0, 0.1) is 5.92 Å². The molecule has 158 valence electrons. The van der Waals surface area contributed by atoms with Crippen molar-refractivity contribution >= 4 is 33.3 Å². The van der Waals surface area contributed by atoms with Gasteiger partial charge in [0.15, 0.2) is 0 Å². The van der Waals surface area contributed by atoms with Gasteiger partial charge in [-0.15, -0.1) is 0 Å². The Hall–Kier alpha value is -1.92. The van der Waals surface area contributed by atoms with Crippen LogP contribution in [0.3, 0.4) is 0 Å². The van der Waals surface area contributed by atoms with E-state index < -0.39 is 0 Å². The zero-order chi connectivity index (χ0) is 20.5. The smallest absolute Gasteiger partial charge is 0.253 e. The van der Waals surface area contributed by atoms with Crippen molar-refractivity contribution in [2.24, 2.45) is 5.92 Å². The molecule has 5 rings (SSSR count). The summed E-state index contributed by atoms with van der Waals surface area (Å²) in [5.41, 5.74) is 4.24. The third-order valence-electron chi connectivity index (χ3n) is 6.39. The van der Waals surface area contributed by atoms with E-state index >= 15 is 0 Å². The second-order valence-electron chi connectivity index (χ2n) is 8.84. The van der Waals surface area contributed by atoms with Crippen LogP contribution in [0.4, 0.5) is 11.5 Å². The molecule has 1 saturated heterocycles. The molecule has 2 saturated carbocycles.